The zero-order valence-electron chi connectivity index (χ0n) is 14.6. The van der Waals surface area contributed by atoms with Crippen molar-refractivity contribution in [1.82, 2.24) is 20.2 Å². The molecule has 2 aromatic rings. The van der Waals surface area contributed by atoms with Gasteiger partial charge in [-0.2, -0.15) is 0 Å². The molecule has 25 heavy (non-hydrogen) atoms. The lowest BCUT2D eigenvalue weighted by atomic mass is 9.93. The second kappa shape index (κ2) is 8.16. The van der Waals surface area contributed by atoms with Crippen LogP contribution in [0.25, 0.3) is 0 Å². The number of aliphatic hydroxyl groups is 1. The van der Waals surface area contributed by atoms with Gasteiger partial charge in [0.05, 0.1) is 12.1 Å². The molecule has 1 aliphatic rings. The van der Waals surface area contributed by atoms with Crippen LogP contribution in [-0.2, 0) is 13.1 Å². The number of carbonyl (C=O) groups excluding carboxylic acids is 1. The summed E-state index contributed by atoms with van der Waals surface area (Å²) in [4.78, 5) is 16.3. The molecule has 1 aromatic carbocycles. The standard InChI is InChI=1S/C19H26N4O2/c1-14-20-9-10-23(14)13-16-6-4-5-15(11-16)12-21-19(25)22-17-7-2-3-8-18(17)24/h4-6,9-11,17-18,24H,2-3,7-8,12-13H2,1H3,(H2,21,22,25). The van der Waals surface area contributed by atoms with Gasteiger partial charge in [0.2, 0.25) is 0 Å². The van der Waals surface area contributed by atoms with E-state index in [4.69, 9.17) is 0 Å². The Morgan fingerprint density at radius 3 is 2.88 bits per heavy atom. The second-order valence-electron chi connectivity index (χ2n) is 6.71. The number of hydrogen-bond acceptors (Lipinski definition) is 3. The average Bonchev–Trinajstić information content (AvgIpc) is 3.00. The lowest BCUT2D eigenvalue weighted by Gasteiger charge is -2.28. The molecular formula is C19H26N4O2. The summed E-state index contributed by atoms with van der Waals surface area (Å²) in [6, 6.07) is 7.81. The zero-order valence-corrected chi connectivity index (χ0v) is 14.6. The number of benzene rings is 1. The molecule has 0 radical (unpaired) electrons. The molecule has 1 fully saturated rings. The van der Waals surface area contributed by atoms with Crippen molar-refractivity contribution in [2.45, 2.75) is 57.8 Å². The van der Waals surface area contributed by atoms with Crippen molar-refractivity contribution in [1.29, 1.82) is 0 Å². The highest BCUT2D eigenvalue weighted by molar-refractivity contribution is 5.74. The van der Waals surface area contributed by atoms with Crippen LogP contribution in [0.2, 0.25) is 0 Å². The first-order chi connectivity index (χ1) is 12.1. The van der Waals surface area contributed by atoms with Gasteiger partial charge in [0.15, 0.2) is 0 Å². The minimum atomic E-state index is -0.429. The van der Waals surface area contributed by atoms with Crippen molar-refractivity contribution in [3.63, 3.8) is 0 Å². The number of carbonyl (C=O) groups is 1. The summed E-state index contributed by atoms with van der Waals surface area (Å²) in [6.45, 7) is 3.21. The summed E-state index contributed by atoms with van der Waals surface area (Å²) in [6.07, 6.45) is 7.02. The minimum Gasteiger partial charge on any atom is -0.391 e. The number of imidazole rings is 1. The maximum absolute atomic E-state index is 12.1. The Morgan fingerprint density at radius 2 is 2.12 bits per heavy atom. The second-order valence-corrected chi connectivity index (χ2v) is 6.71. The summed E-state index contributed by atoms with van der Waals surface area (Å²) in [5.41, 5.74) is 2.22. The van der Waals surface area contributed by atoms with Gasteiger partial charge in [0, 0.05) is 25.5 Å². The van der Waals surface area contributed by atoms with E-state index in [-0.39, 0.29) is 12.1 Å². The maximum atomic E-state index is 12.1. The smallest absolute Gasteiger partial charge is 0.315 e. The van der Waals surface area contributed by atoms with E-state index in [1.165, 1.54) is 5.56 Å². The number of amides is 2. The molecule has 0 bridgehead atoms. The van der Waals surface area contributed by atoms with E-state index < -0.39 is 6.10 Å². The minimum absolute atomic E-state index is 0.135. The van der Waals surface area contributed by atoms with E-state index >= 15 is 0 Å². The fourth-order valence-corrected chi connectivity index (χ4v) is 3.29. The van der Waals surface area contributed by atoms with Gasteiger partial charge < -0.3 is 20.3 Å². The topological polar surface area (TPSA) is 79.2 Å². The van der Waals surface area contributed by atoms with Crippen LogP contribution in [0.4, 0.5) is 4.79 Å². The highest BCUT2D eigenvalue weighted by Crippen LogP contribution is 2.18. The summed E-state index contributed by atoms with van der Waals surface area (Å²) in [5.74, 6) is 0.981. The van der Waals surface area contributed by atoms with Crippen LogP contribution in [0.5, 0.6) is 0 Å². The molecule has 0 spiro atoms. The molecule has 6 nitrogen and oxygen atoms in total. The predicted octanol–water partition coefficient (Wildman–Crippen LogP) is 2.34. The summed E-state index contributed by atoms with van der Waals surface area (Å²) in [7, 11) is 0. The van der Waals surface area contributed by atoms with Gasteiger partial charge in [-0.15, -0.1) is 0 Å². The van der Waals surface area contributed by atoms with E-state index in [1.807, 2.05) is 25.3 Å². The molecule has 1 aliphatic carbocycles. The van der Waals surface area contributed by atoms with Crippen LogP contribution >= 0.6 is 0 Å². The predicted molar refractivity (Wildman–Crippen MR) is 96.1 cm³/mol. The van der Waals surface area contributed by atoms with Crippen molar-refractivity contribution in [2.75, 3.05) is 0 Å². The van der Waals surface area contributed by atoms with Crippen LogP contribution in [-0.4, -0.2) is 32.8 Å². The first kappa shape index (κ1) is 17.5. The number of nitrogens with zero attached hydrogens (tertiary/aromatic N) is 2. The number of aromatic nitrogens is 2. The van der Waals surface area contributed by atoms with Crippen molar-refractivity contribution in [3.8, 4) is 0 Å². The molecule has 3 rings (SSSR count). The Kier molecular flexibility index (Phi) is 5.71. The molecule has 3 N–H and O–H groups in total. The van der Waals surface area contributed by atoms with Crippen LogP contribution < -0.4 is 10.6 Å². The normalized spacial score (nSPS) is 20.2. The van der Waals surface area contributed by atoms with Gasteiger partial charge in [0.25, 0.3) is 0 Å². The molecule has 2 unspecified atom stereocenters. The molecule has 2 amide bonds. The van der Waals surface area contributed by atoms with Crippen LogP contribution in [0.1, 0.15) is 42.6 Å². The highest BCUT2D eigenvalue weighted by Gasteiger charge is 2.24. The molecule has 1 saturated carbocycles. The van der Waals surface area contributed by atoms with Crippen molar-refractivity contribution < 1.29 is 9.90 Å². The Hall–Kier alpha value is -2.34. The summed E-state index contributed by atoms with van der Waals surface area (Å²) >= 11 is 0. The van der Waals surface area contributed by atoms with Gasteiger partial charge in [-0.05, 0) is 30.9 Å². The van der Waals surface area contributed by atoms with E-state index in [1.54, 1.807) is 6.20 Å². The van der Waals surface area contributed by atoms with E-state index in [9.17, 15) is 9.90 Å². The van der Waals surface area contributed by atoms with Crippen LogP contribution in [0.15, 0.2) is 36.7 Å². The van der Waals surface area contributed by atoms with Crippen LogP contribution in [0.3, 0.4) is 0 Å². The van der Waals surface area contributed by atoms with E-state index in [2.05, 4.69) is 32.3 Å². The Labute approximate surface area is 148 Å². The van der Waals surface area contributed by atoms with Crippen molar-refractivity contribution in [3.05, 3.63) is 53.6 Å². The monoisotopic (exact) mass is 342 g/mol. The van der Waals surface area contributed by atoms with Crippen molar-refractivity contribution in [2.24, 2.45) is 0 Å². The Morgan fingerprint density at radius 1 is 1.32 bits per heavy atom. The quantitative estimate of drug-likeness (QED) is 0.780. The number of aryl methyl sites for hydroxylation is 1. The van der Waals surface area contributed by atoms with Crippen LogP contribution in [0, 0.1) is 6.92 Å². The first-order valence-electron chi connectivity index (χ1n) is 8.90. The highest BCUT2D eigenvalue weighted by atomic mass is 16.3. The van der Waals surface area contributed by atoms with Gasteiger partial charge in [0.1, 0.15) is 5.82 Å². The molecular weight excluding hydrogens is 316 g/mol. The molecule has 1 aromatic heterocycles. The Balaban J connectivity index is 1.52. The number of hydrogen-bond donors (Lipinski definition) is 3. The van der Waals surface area contributed by atoms with Crippen molar-refractivity contribution >= 4 is 6.03 Å². The van der Waals surface area contributed by atoms with Gasteiger partial charge in [-0.3, -0.25) is 0 Å². The first-order valence-corrected chi connectivity index (χ1v) is 8.90. The lowest BCUT2D eigenvalue weighted by Crippen LogP contribution is -2.48. The largest absolute Gasteiger partial charge is 0.391 e. The fourth-order valence-electron chi connectivity index (χ4n) is 3.29. The number of rotatable bonds is 5. The summed E-state index contributed by atoms with van der Waals surface area (Å²) < 4.78 is 2.09. The summed E-state index contributed by atoms with van der Waals surface area (Å²) in [5, 5.41) is 15.7. The number of urea groups is 1. The van der Waals surface area contributed by atoms with Gasteiger partial charge >= 0.3 is 6.03 Å². The Bertz CT molecular complexity index is 713. The SMILES string of the molecule is Cc1nccn1Cc1cccc(CNC(=O)NC2CCCCC2O)c1. The fraction of sp³-hybridized carbons (Fsp3) is 0.474. The van der Waals surface area contributed by atoms with Gasteiger partial charge in [-0.25, -0.2) is 9.78 Å². The third-order valence-corrected chi connectivity index (χ3v) is 4.77. The zero-order chi connectivity index (χ0) is 17.6. The molecule has 1 heterocycles. The maximum Gasteiger partial charge on any atom is 0.315 e. The molecule has 6 heteroatoms. The average molecular weight is 342 g/mol. The molecule has 134 valence electrons. The van der Waals surface area contributed by atoms with Gasteiger partial charge in [-0.1, -0.05) is 37.1 Å². The molecule has 0 aliphatic heterocycles. The lowest BCUT2D eigenvalue weighted by molar-refractivity contribution is 0.0943. The number of nitrogens with one attached hydrogen (secondary N) is 2. The van der Waals surface area contributed by atoms with E-state index in [0.717, 1.165) is 43.6 Å². The molecule has 0 saturated heterocycles. The third-order valence-electron chi connectivity index (χ3n) is 4.77. The molecule has 2 atom stereocenters. The van der Waals surface area contributed by atoms with E-state index in [0.29, 0.717) is 6.54 Å². The third kappa shape index (κ3) is 4.82. The number of aliphatic hydroxyl groups excluding tert-OH is 1.